The molecule has 2 atom stereocenters. The average Bonchev–Trinajstić information content (AvgIpc) is 3.23. The van der Waals surface area contributed by atoms with Gasteiger partial charge in [-0.05, 0) is 58.4 Å². The Morgan fingerprint density at radius 1 is 1.43 bits per heavy atom. The van der Waals surface area contributed by atoms with E-state index in [9.17, 15) is 4.79 Å². The Balaban J connectivity index is 1.91. The van der Waals surface area contributed by atoms with E-state index >= 15 is 0 Å². The lowest BCUT2D eigenvalue weighted by molar-refractivity contribution is 0.184. The predicted molar refractivity (Wildman–Crippen MR) is 84.3 cm³/mol. The largest absolute Gasteiger partial charge is 0.335 e. The van der Waals surface area contributed by atoms with Crippen LogP contribution in [0, 0.1) is 19.8 Å². The fourth-order valence-corrected chi connectivity index (χ4v) is 2.86. The number of amides is 2. The third-order valence-corrected chi connectivity index (χ3v) is 4.77. The molecule has 1 aliphatic carbocycles. The molecule has 0 spiro atoms. The summed E-state index contributed by atoms with van der Waals surface area (Å²) in [4.78, 5) is 14.1. The molecule has 1 saturated carbocycles. The summed E-state index contributed by atoms with van der Waals surface area (Å²) >= 11 is 0. The smallest absolute Gasteiger partial charge is 0.317 e. The van der Waals surface area contributed by atoms with Crippen LogP contribution in [-0.4, -0.2) is 39.8 Å². The monoisotopic (exact) mass is 292 g/mol. The van der Waals surface area contributed by atoms with Crippen molar-refractivity contribution in [1.82, 2.24) is 20.0 Å². The molecular formula is C16H28N4O. The molecule has 1 N–H and O–H groups in total. The highest BCUT2D eigenvalue weighted by Crippen LogP contribution is 2.34. The van der Waals surface area contributed by atoms with Gasteiger partial charge in [-0.2, -0.15) is 5.10 Å². The second-order valence-electron chi connectivity index (χ2n) is 6.52. The number of aromatic nitrogens is 2. The first-order chi connectivity index (χ1) is 9.81. The standard InChI is InChI=1S/C16H28N4O/c1-10(9-15-11(2)18-20(6)13(15)4)17-16(21)19(5)12(3)14-7-8-14/h10,12,14H,7-9H2,1-6H3,(H,17,21)/t10-,12+/m0/s1. The molecule has 5 nitrogen and oxygen atoms in total. The summed E-state index contributed by atoms with van der Waals surface area (Å²) in [7, 11) is 3.85. The Bertz CT molecular complexity index is 519. The fraction of sp³-hybridized carbons (Fsp3) is 0.750. The molecule has 0 radical (unpaired) electrons. The van der Waals surface area contributed by atoms with Gasteiger partial charge in [0.1, 0.15) is 0 Å². The number of hydrogen-bond donors (Lipinski definition) is 1. The van der Waals surface area contributed by atoms with Gasteiger partial charge in [-0.3, -0.25) is 4.68 Å². The van der Waals surface area contributed by atoms with E-state index in [-0.39, 0.29) is 12.1 Å². The van der Waals surface area contributed by atoms with E-state index in [2.05, 4.69) is 31.2 Å². The van der Waals surface area contributed by atoms with Crippen LogP contribution in [-0.2, 0) is 13.5 Å². The zero-order chi connectivity index (χ0) is 15.7. The van der Waals surface area contributed by atoms with E-state index < -0.39 is 0 Å². The Morgan fingerprint density at radius 3 is 2.52 bits per heavy atom. The van der Waals surface area contributed by atoms with Crippen LogP contribution in [0.25, 0.3) is 0 Å². The lowest BCUT2D eigenvalue weighted by Crippen LogP contribution is -2.46. The third kappa shape index (κ3) is 3.57. The summed E-state index contributed by atoms with van der Waals surface area (Å²) < 4.78 is 1.90. The number of urea groups is 1. The molecule has 21 heavy (non-hydrogen) atoms. The highest BCUT2D eigenvalue weighted by molar-refractivity contribution is 5.74. The van der Waals surface area contributed by atoms with Gasteiger partial charge in [-0.1, -0.05) is 0 Å². The van der Waals surface area contributed by atoms with Gasteiger partial charge in [0, 0.05) is 31.9 Å². The lowest BCUT2D eigenvalue weighted by atomic mass is 10.1. The van der Waals surface area contributed by atoms with Crippen LogP contribution in [0.3, 0.4) is 0 Å². The van der Waals surface area contributed by atoms with Crippen molar-refractivity contribution in [2.75, 3.05) is 7.05 Å². The second-order valence-corrected chi connectivity index (χ2v) is 6.52. The maximum Gasteiger partial charge on any atom is 0.317 e. The summed E-state index contributed by atoms with van der Waals surface area (Å²) in [6.45, 7) is 8.29. The summed E-state index contributed by atoms with van der Waals surface area (Å²) in [5.74, 6) is 0.693. The molecule has 2 rings (SSSR count). The van der Waals surface area contributed by atoms with Crippen LogP contribution < -0.4 is 5.32 Å². The number of nitrogens with one attached hydrogen (secondary N) is 1. The molecule has 1 aliphatic rings. The SMILES string of the molecule is Cc1nn(C)c(C)c1C[C@H](C)NC(=O)N(C)[C@H](C)C1CC1. The molecule has 0 unspecified atom stereocenters. The molecule has 5 heteroatoms. The average molecular weight is 292 g/mol. The van der Waals surface area contributed by atoms with Crippen molar-refractivity contribution in [3.05, 3.63) is 17.0 Å². The molecule has 0 aliphatic heterocycles. The lowest BCUT2D eigenvalue weighted by Gasteiger charge is -2.27. The van der Waals surface area contributed by atoms with Gasteiger partial charge in [0.15, 0.2) is 0 Å². The van der Waals surface area contributed by atoms with E-state index in [1.54, 1.807) is 0 Å². The highest BCUT2D eigenvalue weighted by atomic mass is 16.2. The van der Waals surface area contributed by atoms with Gasteiger partial charge in [0.05, 0.1) is 5.69 Å². The van der Waals surface area contributed by atoms with Gasteiger partial charge in [0.25, 0.3) is 0 Å². The van der Waals surface area contributed by atoms with Crippen molar-refractivity contribution in [2.24, 2.45) is 13.0 Å². The van der Waals surface area contributed by atoms with E-state index in [0.29, 0.717) is 12.0 Å². The maximum atomic E-state index is 12.3. The van der Waals surface area contributed by atoms with E-state index in [1.807, 2.05) is 30.6 Å². The molecule has 0 saturated heterocycles. The van der Waals surface area contributed by atoms with Crippen molar-refractivity contribution in [3.8, 4) is 0 Å². The van der Waals surface area contributed by atoms with Gasteiger partial charge < -0.3 is 10.2 Å². The Morgan fingerprint density at radius 2 is 2.05 bits per heavy atom. The van der Waals surface area contributed by atoms with Crippen LogP contribution >= 0.6 is 0 Å². The number of carbonyl (C=O) groups excluding carboxylic acids is 1. The van der Waals surface area contributed by atoms with Crippen LogP contribution in [0.2, 0.25) is 0 Å². The predicted octanol–water partition coefficient (Wildman–Crippen LogP) is 2.41. The fourth-order valence-electron chi connectivity index (χ4n) is 2.86. The summed E-state index contributed by atoms with van der Waals surface area (Å²) in [6.07, 6.45) is 3.33. The molecule has 1 aromatic heterocycles. The molecule has 1 fully saturated rings. The van der Waals surface area contributed by atoms with Gasteiger partial charge in [-0.15, -0.1) is 0 Å². The number of rotatable bonds is 5. The highest BCUT2D eigenvalue weighted by Gasteiger charge is 2.32. The summed E-state index contributed by atoms with van der Waals surface area (Å²) in [6, 6.07) is 0.466. The summed E-state index contributed by atoms with van der Waals surface area (Å²) in [5.41, 5.74) is 3.47. The first-order valence-corrected chi connectivity index (χ1v) is 7.83. The van der Waals surface area contributed by atoms with Crippen LogP contribution in [0.4, 0.5) is 4.79 Å². The zero-order valence-electron chi connectivity index (χ0n) is 14.1. The van der Waals surface area contributed by atoms with Crippen LogP contribution in [0.15, 0.2) is 0 Å². The molecule has 1 heterocycles. The molecule has 0 bridgehead atoms. The first kappa shape index (κ1) is 15.9. The van der Waals surface area contributed by atoms with Crippen molar-refractivity contribution in [2.45, 2.75) is 59.0 Å². The van der Waals surface area contributed by atoms with Gasteiger partial charge >= 0.3 is 6.03 Å². The van der Waals surface area contributed by atoms with Crippen LogP contribution in [0.1, 0.15) is 43.6 Å². The minimum absolute atomic E-state index is 0.0288. The Kier molecular flexibility index (Phi) is 4.59. The van der Waals surface area contributed by atoms with E-state index in [0.717, 1.165) is 12.1 Å². The van der Waals surface area contributed by atoms with Crippen molar-refractivity contribution < 1.29 is 4.79 Å². The minimum atomic E-state index is 0.0288. The molecular weight excluding hydrogens is 264 g/mol. The number of aryl methyl sites for hydroxylation is 2. The first-order valence-electron chi connectivity index (χ1n) is 7.83. The Hall–Kier alpha value is -1.52. The minimum Gasteiger partial charge on any atom is -0.335 e. The van der Waals surface area contributed by atoms with Crippen LogP contribution in [0.5, 0.6) is 0 Å². The number of carbonyl (C=O) groups is 1. The van der Waals surface area contributed by atoms with Crippen molar-refractivity contribution >= 4 is 6.03 Å². The van der Waals surface area contributed by atoms with E-state index in [1.165, 1.54) is 24.1 Å². The van der Waals surface area contributed by atoms with Crippen molar-refractivity contribution in [1.29, 1.82) is 0 Å². The maximum absolute atomic E-state index is 12.3. The Labute approximate surface area is 127 Å². The quantitative estimate of drug-likeness (QED) is 0.906. The van der Waals surface area contributed by atoms with Crippen molar-refractivity contribution in [3.63, 3.8) is 0 Å². The second kappa shape index (κ2) is 6.08. The molecule has 1 aromatic rings. The summed E-state index contributed by atoms with van der Waals surface area (Å²) in [5, 5.41) is 7.54. The molecule has 118 valence electrons. The van der Waals surface area contributed by atoms with Gasteiger partial charge in [0.2, 0.25) is 0 Å². The normalized spacial score (nSPS) is 17.4. The topological polar surface area (TPSA) is 50.2 Å². The third-order valence-electron chi connectivity index (χ3n) is 4.77. The number of hydrogen-bond acceptors (Lipinski definition) is 2. The molecule has 2 amide bonds. The van der Waals surface area contributed by atoms with Gasteiger partial charge in [-0.25, -0.2) is 4.79 Å². The van der Waals surface area contributed by atoms with E-state index in [4.69, 9.17) is 0 Å². The zero-order valence-corrected chi connectivity index (χ0v) is 14.1. The number of nitrogens with zero attached hydrogens (tertiary/aromatic N) is 3. The molecule has 0 aromatic carbocycles.